The molecule has 0 spiro atoms. The fraction of sp³-hybridized carbons (Fsp3) is 0. The molecule has 1 aliphatic rings. The first-order chi connectivity index (χ1) is 23.8. The van der Waals surface area contributed by atoms with Crippen molar-refractivity contribution in [3.63, 3.8) is 0 Å². The lowest BCUT2D eigenvalue weighted by Crippen LogP contribution is -1.94. The topological polar surface area (TPSA) is 22.8 Å². The highest BCUT2D eigenvalue weighted by Gasteiger charge is 2.23. The van der Waals surface area contributed by atoms with Gasteiger partial charge < -0.3 is 9.13 Å². The zero-order valence-corrected chi connectivity index (χ0v) is 25.9. The van der Waals surface area contributed by atoms with E-state index in [1.807, 2.05) is 12.4 Å². The molecule has 48 heavy (non-hydrogen) atoms. The first-order valence-corrected chi connectivity index (χ1v) is 16.5. The monoisotopic (exact) mass is 609 g/mol. The Kier molecular flexibility index (Phi) is 5.11. The van der Waals surface area contributed by atoms with Crippen LogP contribution in [0.5, 0.6) is 0 Å². The Morgan fingerprint density at radius 3 is 1.69 bits per heavy atom. The fourth-order valence-electron chi connectivity index (χ4n) is 8.23. The largest absolute Gasteiger partial charge is 0.309 e. The van der Waals surface area contributed by atoms with Gasteiger partial charge in [0, 0.05) is 61.6 Å². The van der Waals surface area contributed by atoms with Crippen LogP contribution in [0.4, 0.5) is 0 Å². The summed E-state index contributed by atoms with van der Waals surface area (Å²) >= 11 is 0. The lowest BCUT2D eigenvalue weighted by molar-refractivity contribution is 1.18. The van der Waals surface area contributed by atoms with Crippen molar-refractivity contribution in [2.75, 3.05) is 0 Å². The molecule has 1 aliphatic carbocycles. The van der Waals surface area contributed by atoms with Crippen LogP contribution in [-0.2, 0) is 0 Å². The molecule has 222 valence electrons. The summed E-state index contributed by atoms with van der Waals surface area (Å²) in [5, 5.41) is 7.52. The fourth-order valence-corrected chi connectivity index (χ4v) is 8.23. The number of para-hydroxylation sites is 3. The van der Waals surface area contributed by atoms with E-state index in [4.69, 9.17) is 0 Å². The van der Waals surface area contributed by atoms with Gasteiger partial charge in [0.2, 0.25) is 0 Å². The maximum Gasteiger partial charge on any atom is 0.0541 e. The number of hydrogen-bond donors (Lipinski definition) is 0. The first kappa shape index (κ1) is 25.7. The van der Waals surface area contributed by atoms with E-state index in [0.717, 1.165) is 5.69 Å². The first-order valence-electron chi connectivity index (χ1n) is 16.5. The molecule has 0 fully saturated rings. The van der Waals surface area contributed by atoms with E-state index in [2.05, 4.69) is 166 Å². The third kappa shape index (κ3) is 3.45. The van der Waals surface area contributed by atoms with E-state index in [-0.39, 0.29) is 0 Å². The quantitative estimate of drug-likeness (QED) is 0.195. The van der Waals surface area contributed by atoms with E-state index < -0.39 is 0 Å². The van der Waals surface area contributed by atoms with E-state index in [0.29, 0.717) is 0 Å². The molecule has 0 amide bonds. The number of hydrogen-bond acceptors (Lipinski definition) is 1. The number of aromatic nitrogens is 3. The van der Waals surface area contributed by atoms with Gasteiger partial charge in [0.05, 0.1) is 22.1 Å². The Labute approximate surface area is 276 Å². The second-order valence-electron chi connectivity index (χ2n) is 12.8. The zero-order chi connectivity index (χ0) is 31.3. The molecule has 10 aromatic rings. The summed E-state index contributed by atoms with van der Waals surface area (Å²) in [6.07, 6.45) is 3.99. The second kappa shape index (κ2) is 9.54. The average Bonchev–Trinajstić information content (AvgIpc) is 3.78. The van der Waals surface area contributed by atoms with Crippen LogP contribution in [0.15, 0.2) is 164 Å². The standard InChI is InChI=1S/C45H27N3/c1-2-10-31(11-3-1)47-41-15-6-4-12-34(41)38-23-28(17-21-43(38)47)29-18-22-44-39(24-29)35-13-5-7-16-42(35)48(44)32-19-20-33-36-14-8-9-30-26-46-27-40(45(30)36)37(33)25-32/h1-27H. The summed E-state index contributed by atoms with van der Waals surface area (Å²) in [6.45, 7) is 0. The number of rotatable bonds is 3. The molecule has 0 N–H and O–H groups in total. The average molecular weight is 610 g/mol. The zero-order valence-electron chi connectivity index (χ0n) is 25.9. The molecule has 11 rings (SSSR count). The Balaban J connectivity index is 1.10. The summed E-state index contributed by atoms with van der Waals surface area (Å²) in [4.78, 5) is 4.59. The molecule has 7 aromatic carbocycles. The van der Waals surface area contributed by atoms with Crippen molar-refractivity contribution in [1.82, 2.24) is 14.1 Å². The van der Waals surface area contributed by atoms with Crippen LogP contribution in [0.3, 0.4) is 0 Å². The predicted octanol–water partition coefficient (Wildman–Crippen LogP) is 11.7. The molecule has 0 aliphatic heterocycles. The van der Waals surface area contributed by atoms with Crippen LogP contribution < -0.4 is 0 Å². The Morgan fingerprint density at radius 1 is 0.354 bits per heavy atom. The molecule has 3 heterocycles. The Bertz CT molecular complexity index is 2940. The molecule has 3 nitrogen and oxygen atoms in total. The van der Waals surface area contributed by atoms with Gasteiger partial charge in [-0.05, 0) is 88.5 Å². The molecule has 0 unspecified atom stereocenters. The van der Waals surface area contributed by atoms with Crippen molar-refractivity contribution in [2.45, 2.75) is 0 Å². The normalized spacial score (nSPS) is 12.2. The number of benzene rings is 7. The summed E-state index contributed by atoms with van der Waals surface area (Å²) in [6, 6.07) is 55.5. The van der Waals surface area contributed by atoms with Crippen LogP contribution in [0.2, 0.25) is 0 Å². The van der Waals surface area contributed by atoms with Crippen LogP contribution in [0, 0.1) is 0 Å². The van der Waals surface area contributed by atoms with Gasteiger partial charge in [-0.2, -0.15) is 0 Å². The van der Waals surface area contributed by atoms with Gasteiger partial charge in [0.15, 0.2) is 0 Å². The van der Waals surface area contributed by atoms with E-state index in [1.165, 1.54) is 93.5 Å². The minimum atomic E-state index is 1.16. The second-order valence-corrected chi connectivity index (χ2v) is 12.8. The van der Waals surface area contributed by atoms with Crippen LogP contribution in [0.1, 0.15) is 0 Å². The van der Waals surface area contributed by atoms with Crippen LogP contribution in [0.25, 0.3) is 99.1 Å². The summed E-state index contributed by atoms with van der Waals surface area (Å²) in [5.41, 5.74) is 14.6. The van der Waals surface area contributed by atoms with Crippen LogP contribution >= 0.6 is 0 Å². The third-order valence-corrected chi connectivity index (χ3v) is 10.3. The third-order valence-electron chi connectivity index (χ3n) is 10.3. The van der Waals surface area contributed by atoms with Gasteiger partial charge in [-0.3, -0.25) is 4.98 Å². The molecule has 3 aromatic heterocycles. The maximum atomic E-state index is 4.59. The molecular weight excluding hydrogens is 583 g/mol. The van der Waals surface area contributed by atoms with Crippen molar-refractivity contribution >= 4 is 54.4 Å². The van der Waals surface area contributed by atoms with Crippen molar-refractivity contribution < 1.29 is 0 Å². The van der Waals surface area contributed by atoms with Crippen LogP contribution in [-0.4, -0.2) is 14.1 Å². The lowest BCUT2D eigenvalue weighted by Gasteiger charge is -2.11. The van der Waals surface area contributed by atoms with Crippen molar-refractivity contribution in [3.8, 4) is 44.8 Å². The molecule has 0 radical (unpaired) electrons. The van der Waals surface area contributed by atoms with Crippen molar-refractivity contribution in [2.24, 2.45) is 0 Å². The lowest BCUT2D eigenvalue weighted by atomic mass is 10.0. The molecule has 0 bridgehead atoms. The van der Waals surface area contributed by atoms with E-state index >= 15 is 0 Å². The van der Waals surface area contributed by atoms with Gasteiger partial charge in [-0.1, -0.05) is 91.0 Å². The Morgan fingerprint density at radius 2 is 0.979 bits per heavy atom. The molecular formula is C45H27N3. The van der Waals surface area contributed by atoms with Gasteiger partial charge in [0.25, 0.3) is 0 Å². The van der Waals surface area contributed by atoms with Crippen molar-refractivity contribution in [1.29, 1.82) is 0 Å². The number of nitrogens with zero attached hydrogens (tertiary/aromatic N) is 3. The highest BCUT2D eigenvalue weighted by Crippen LogP contribution is 2.48. The van der Waals surface area contributed by atoms with Crippen molar-refractivity contribution in [3.05, 3.63) is 164 Å². The summed E-state index contributed by atoms with van der Waals surface area (Å²) in [5.74, 6) is 0. The minimum Gasteiger partial charge on any atom is -0.309 e. The number of pyridine rings is 1. The smallest absolute Gasteiger partial charge is 0.0541 e. The van der Waals surface area contributed by atoms with Gasteiger partial charge >= 0.3 is 0 Å². The van der Waals surface area contributed by atoms with E-state index in [1.54, 1.807) is 0 Å². The van der Waals surface area contributed by atoms with Gasteiger partial charge in [0.1, 0.15) is 0 Å². The minimum absolute atomic E-state index is 1.16. The Hall–Kier alpha value is -6.45. The van der Waals surface area contributed by atoms with Gasteiger partial charge in [-0.15, -0.1) is 0 Å². The predicted molar refractivity (Wildman–Crippen MR) is 200 cm³/mol. The molecule has 3 heteroatoms. The summed E-state index contributed by atoms with van der Waals surface area (Å²) in [7, 11) is 0. The molecule has 0 atom stereocenters. The molecule has 0 saturated heterocycles. The summed E-state index contributed by atoms with van der Waals surface area (Å²) < 4.78 is 4.79. The highest BCUT2D eigenvalue weighted by molar-refractivity contribution is 6.16. The van der Waals surface area contributed by atoms with E-state index in [9.17, 15) is 0 Å². The SMILES string of the molecule is c1ccc(-n2c3ccccc3c3cc(-c4ccc5c(c4)c4ccccc4n5-c4ccc5c(c4)-c4cncc6cccc-5c46)ccc32)cc1. The number of fused-ring (bicyclic) bond motifs is 9. The maximum absolute atomic E-state index is 4.59. The highest BCUT2D eigenvalue weighted by atomic mass is 15.0. The molecule has 0 saturated carbocycles. The van der Waals surface area contributed by atoms with Gasteiger partial charge in [-0.25, -0.2) is 0 Å².